The SMILES string of the molecule is O=C(CCCCCBr)c1ccc(Oc2ccc(F)cc2)cc1. The molecule has 0 spiro atoms. The van der Waals surface area contributed by atoms with E-state index in [9.17, 15) is 9.18 Å². The third-order valence-electron chi connectivity index (χ3n) is 3.26. The summed E-state index contributed by atoms with van der Waals surface area (Å²) in [6.07, 6.45) is 3.64. The maximum atomic E-state index is 12.8. The van der Waals surface area contributed by atoms with Crippen molar-refractivity contribution in [1.82, 2.24) is 0 Å². The topological polar surface area (TPSA) is 26.3 Å². The van der Waals surface area contributed by atoms with Crippen molar-refractivity contribution in [3.05, 3.63) is 59.9 Å². The number of Topliss-reactive ketones (excluding diaryl/α,β-unsaturated/α-hetero) is 1. The number of ketones is 1. The summed E-state index contributed by atoms with van der Waals surface area (Å²) in [5.41, 5.74) is 0.699. The van der Waals surface area contributed by atoms with Crippen LogP contribution in [0.25, 0.3) is 0 Å². The van der Waals surface area contributed by atoms with Crippen LogP contribution in [0.15, 0.2) is 48.5 Å². The quantitative estimate of drug-likeness (QED) is 0.338. The van der Waals surface area contributed by atoms with Crippen molar-refractivity contribution in [1.29, 1.82) is 0 Å². The number of rotatable bonds is 8. The molecule has 0 aliphatic heterocycles. The number of alkyl halides is 1. The molecule has 2 aromatic carbocycles. The summed E-state index contributed by atoms with van der Waals surface area (Å²) in [6, 6.07) is 12.9. The van der Waals surface area contributed by atoms with Gasteiger partial charge in [0.1, 0.15) is 17.3 Å². The van der Waals surface area contributed by atoms with E-state index in [0.717, 1.165) is 24.6 Å². The van der Waals surface area contributed by atoms with E-state index in [2.05, 4.69) is 15.9 Å². The largest absolute Gasteiger partial charge is 0.457 e. The molecule has 2 rings (SSSR count). The first-order valence-corrected chi connectivity index (χ1v) is 8.44. The fourth-order valence-corrected chi connectivity index (χ4v) is 2.45. The number of halogens is 2. The Morgan fingerprint density at radius 3 is 2.09 bits per heavy atom. The van der Waals surface area contributed by atoms with Crippen molar-refractivity contribution >= 4 is 21.7 Å². The Bertz CT molecular complexity index is 593. The molecule has 0 saturated carbocycles. The number of benzene rings is 2. The highest BCUT2D eigenvalue weighted by Crippen LogP contribution is 2.22. The van der Waals surface area contributed by atoms with Crippen LogP contribution in [-0.4, -0.2) is 11.1 Å². The van der Waals surface area contributed by atoms with Gasteiger partial charge >= 0.3 is 0 Å². The van der Waals surface area contributed by atoms with Gasteiger partial charge in [0.15, 0.2) is 5.78 Å². The lowest BCUT2D eigenvalue weighted by atomic mass is 10.0. The van der Waals surface area contributed by atoms with Gasteiger partial charge in [0.05, 0.1) is 0 Å². The van der Waals surface area contributed by atoms with Crippen LogP contribution in [-0.2, 0) is 0 Å². The van der Waals surface area contributed by atoms with Gasteiger partial charge in [-0.15, -0.1) is 0 Å². The van der Waals surface area contributed by atoms with Crippen LogP contribution in [0, 0.1) is 5.82 Å². The molecule has 22 heavy (non-hydrogen) atoms. The predicted octanol–water partition coefficient (Wildman–Crippen LogP) is 5.76. The van der Waals surface area contributed by atoms with Gasteiger partial charge in [0.2, 0.25) is 0 Å². The fraction of sp³-hybridized carbons (Fsp3) is 0.278. The predicted molar refractivity (Wildman–Crippen MR) is 89.5 cm³/mol. The third-order valence-corrected chi connectivity index (χ3v) is 3.82. The van der Waals surface area contributed by atoms with Crippen LogP contribution >= 0.6 is 15.9 Å². The van der Waals surface area contributed by atoms with Gasteiger partial charge in [-0.2, -0.15) is 0 Å². The zero-order chi connectivity index (χ0) is 15.8. The minimum atomic E-state index is -0.298. The van der Waals surface area contributed by atoms with E-state index in [1.165, 1.54) is 12.1 Å². The minimum absolute atomic E-state index is 0.155. The van der Waals surface area contributed by atoms with E-state index < -0.39 is 0 Å². The Morgan fingerprint density at radius 1 is 0.909 bits per heavy atom. The molecule has 0 N–H and O–H groups in total. The number of carbonyl (C=O) groups excluding carboxylic acids is 1. The summed E-state index contributed by atoms with van der Waals surface area (Å²) in [5.74, 6) is 1.05. The Balaban J connectivity index is 1.89. The molecule has 0 heterocycles. The molecular formula is C18H18BrFO2. The van der Waals surface area contributed by atoms with Gasteiger partial charge in [-0.25, -0.2) is 4.39 Å². The molecule has 0 atom stereocenters. The Hall–Kier alpha value is -1.68. The zero-order valence-corrected chi connectivity index (χ0v) is 13.8. The molecule has 0 saturated heterocycles. The van der Waals surface area contributed by atoms with Crippen molar-refractivity contribution < 1.29 is 13.9 Å². The summed E-state index contributed by atoms with van der Waals surface area (Å²) in [4.78, 5) is 12.0. The lowest BCUT2D eigenvalue weighted by Gasteiger charge is -2.06. The standard InChI is InChI=1S/C18H18BrFO2/c19-13-3-1-2-4-18(21)14-5-9-16(10-6-14)22-17-11-7-15(20)8-12-17/h5-12H,1-4,13H2. The highest BCUT2D eigenvalue weighted by molar-refractivity contribution is 9.09. The molecule has 0 aliphatic carbocycles. The summed E-state index contributed by atoms with van der Waals surface area (Å²) in [5, 5.41) is 0.983. The van der Waals surface area contributed by atoms with E-state index in [4.69, 9.17) is 4.74 Å². The van der Waals surface area contributed by atoms with Gasteiger partial charge in [-0.1, -0.05) is 22.4 Å². The monoisotopic (exact) mass is 364 g/mol. The summed E-state index contributed by atoms with van der Waals surface area (Å²) < 4.78 is 18.4. The first kappa shape index (κ1) is 16.7. The molecule has 0 amide bonds. The van der Waals surface area contributed by atoms with E-state index in [1.807, 2.05) is 0 Å². The zero-order valence-electron chi connectivity index (χ0n) is 12.2. The number of carbonyl (C=O) groups is 1. The average molecular weight is 365 g/mol. The second-order valence-electron chi connectivity index (χ2n) is 5.00. The molecule has 0 unspecified atom stereocenters. The smallest absolute Gasteiger partial charge is 0.162 e. The lowest BCUT2D eigenvalue weighted by molar-refractivity contribution is 0.0979. The normalized spacial score (nSPS) is 10.5. The molecule has 0 fully saturated rings. The van der Waals surface area contributed by atoms with Crippen LogP contribution in [0.1, 0.15) is 36.0 Å². The number of hydrogen-bond donors (Lipinski definition) is 0. The summed E-state index contributed by atoms with van der Waals surface area (Å²) >= 11 is 3.38. The first-order valence-electron chi connectivity index (χ1n) is 7.31. The highest BCUT2D eigenvalue weighted by atomic mass is 79.9. The molecule has 0 aliphatic rings. The van der Waals surface area contributed by atoms with Crippen LogP contribution in [0.3, 0.4) is 0 Å². The fourth-order valence-electron chi connectivity index (χ4n) is 2.05. The van der Waals surface area contributed by atoms with Gasteiger partial charge in [-0.3, -0.25) is 4.79 Å². The summed E-state index contributed by atoms with van der Waals surface area (Å²) in [7, 11) is 0. The molecule has 0 bridgehead atoms. The van der Waals surface area contributed by atoms with Crippen molar-refractivity contribution in [2.24, 2.45) is 0 Å². The molecule has 2 aromatic rings. The Kier molecular flexibility index (Phi) is 6.59. The second-order valence-corrected chi connectivity index (χ2v) is 5.80. The maximum absolute atomic E-state index is 12.8. The molecule has 2 nitrogen and oxygen atoms in total. The molecular weight excluding hydrogens is 347 g/mol. The number of ether oxygens (including phenoxy) is 1. The van der Waals surface area contributed by atoms with Crippen LogP contribution < -0.4 is 4.74 Å². The number of hydrogen-bond acceptors (Lipinski definition) is 2. The molecule has 0 aromatic heterocycles. The van der Waals surface area contributed by atoms with Gasteiger partial charge in [-0.05, 0) is 61.4 Å². The van der Waals surface area contributed by atoms with Crippen LogP contribution in [0.4, 0.5) is 4.39 Å². The average Bonchev–Trinajstić information content (AvgIpc) is 2.54. The van der Waals surface area contributed by atoms with E-state index in [-0.39, 0.29) is 11.6 Å². The maximum Gasteiger partial charge on any atom is 0.162 e. The van der Waals surface area contributed by atoms with Crippen molar-refractivity contribution in [3.63, 3.8) is 0 Å². The van der Waals surface area contributed by atoms with Gasteiger partial charge in [0, 0.05) is 17.3 Å². The number of unbranched alkanes of at least 4 members (excludes halogenated alkanes) is 2. The van der Waals surface area contributed by atoms with Crippen LogP contribution in [0.5, 0.6) is 11.5 Å². The van der Waals surface area contributed by atoms with Gasteiger partial charge in [0.25, 0.3) is 0 Å². The second kappa shape index (κ2) is 8.69. The molecule has 116 valence electrons. The highest BCUT2D eigenvalue weighted by Gasteiger charge is 2.06. The molecule has 4 heteroatoms. The summed E-state index contributed by atoms with van der Waals surface area (Å²) in [6.45, 7) is 0. The third kappa shape index (κ3) is 5.26. The van der Waals surface area contributed by atoms with E-state index in [0.29, 0.717) is 23.5 Å². The van der Waals surface area contributed by atoms with Gasteiger partial charge < -0.3 is 4.74 Å². The van der Waals surface area contributed by atoms with Crippen molar-refractivity contribution in [2.45, 2.75) is 25.7 Å². The Labute approximate surface area is 138 Å². The Morgan fingerprint density at radius 2 is 1.50 bits per heavy atom. The van der Waals surface area contributed by atoms with Crippen molar-refractivity contribution in [2.75, 3.05) is 5.33 Å². The van der Waals surface area contributed by atoms with Crippen molar-refractivity contribution in [3.8, 4) is 11.5 Å². The van der Waals surface area contributed by atoms with E-state index >= 15 is 0 Å². The minimum Gasteiger partial charge on any atom is -0.457 e. The van der Waals surface area contributed by atoms with Crippen LogP contribution in [0.2, 0.25) is 0 Å². The molecule has 0 radical (unpaired) electrons. The lowest BCUT2D eigenvalue weighted by Crippen LogP contribution is -1.98. The van der Waals surface area contributed by atoms with E-state index in [1.54, 1.807) is 36.4 Å². The first-order chi connectivity index (χ1) is 10.7.